The molecule has 2 fully saturated rings. The molecule has 2 aliphatic rings. The van der Waals surface area contributed by atoms with E-state index in [-0.39, 0.29) is 18.1 Å². The lowest BCUT2D eigenvalue weighted by molar-refractivity contribution is -0.169. The Bertz CT molecular complexity index is 635. The lowest BCUT2D eigenvalue weighted by atomic mass is 9.79. The Labute approximate surface area is 135 Å². The van der Waals surface area contributed by atoms with Crippen LogP contribution in [0.15, 0.2) is 30.3 Å². The lowest BCUT2D eigenvalue weighted by Crippen LogP contribution is -2.41. The molecule has 0 aromatic heterocycles. The van der Waals surface area contributed by atoms with Crippen molar-refractivity contribution in [3.63, 3.8) is 0 Å². The first-order valence-electron chi connectivity index (χ1n) is 7.72. The molecule has 2 saturated carbocycles. The summed E-state index contributed by atoms with van der Waals surface area (Å²) in [6, 6.07) is 9.52. The highest BCUT2D eigenvalue weighted by atomic mass is 16.5. The zero-order valence-corrected chi connectivity index (χ0v) is 13.3. The van der Waals surface area contributed by atoms with Crippen LogP contribution in [0.2, 0.25) is 0 Å². The Balaban J connectivity index is 1.81. The first-order valence-corrected chi connectivity index (χ1v) is 7.72. The zero-order valence-electron chi connectivity index (χ0n) is 13.3. The zero-order chi connectivity index (χ0) is 16.7. The minimum absolute atomic E-state index is 0.0666. The summed E-state index contributed by atoms with van der Waals surface area (Å²) >= 11 is 0. The SMILES string of the molecule is COC(=O)C1(C(=O)OC)C[C@@H]2C[C@]2(C(=O)Cc2ccccc2)C1. The number of carbonyl (C=O) groups excluding carboxylic acids is 3. The topological polar surface area (TPSA) is 69.7 Å². The second kappa shape index (κ2) is 5.48. The number of esters is 2. The highest BCUT2D eigenvalue weighted by Gasteiger charge is 2.73. The standard InChI is InChI=1S/C18H20O5/c1-22-15(20)18(16(21)23-2)10-13-9-17(13,11-18)14(19)8-12-6-4-3-5-7-12/h3-7,13H,8-11H2,1-2H3/t13-,17-/m0/s1. The fourth-order valence-corrected chi connectivity index (χ4v) is 4.08. The van der Waals surface area contributed by atoms with Crippen LogP contribution in [0.25, 0.3) is 0 Å². The van der Waals surface area contributed by atoms with Crippen molar-refractivity contribution >= 4 is 17.7 Å². The molecule has 122 valence electrons. The molecule has 0 heterocycles. The molecule has 1 aromatic carbocycles. The molecule has 0 saturated heterocycles. The van der Waals surface area contributed by atoms with Gasteiger partial charge in [0.1, 0.15) is 5.78 Å². The molecule has 0 unspecified atom stereocenters. The van der Waals surface area contributed by atoms with Crippen molar-refractivity contribution in [2.24, 2.45) is 16.7 Å². The number of carbonyl (C=O) groups is 3. The first kappa shape index (κ1) is 15.7. The van der Waals surface area contributed by atoms with Crippen molar-refractivity contribution in [2.75, 3.05) is 14.2 Å². The lowest BCUT2D eigenvalue weighted by Gasteiger charge is -2.26. The van der Waals surface area contributed by atoms with Gasteiger partial charge in [-0.3, -0.25) is 14.4 Å². The van der Waals surface area contributed by atoms with Gasteiger partial charge in [-0.1, -0.05) is 30.3 Å². The van der Waals surface area contributed by atoms with E-state index in [1.807, 2.05) is 30.3 Å². The van der Waals surface area contributed by atoms with Crippen LogP contribution in [0.1, 0.15) is 24.8 Å². The largest absolute Gasteiger partial charge is 0.468 e. The number of benzene rings is 1. The van der Waals surface area contributed by atoms with Gasteiger partial charge in [-0.25, -0.2) is 0 Å². The van der Waals surface area contributed by atoms with Gasteiger partial charge in [0.25, 0.3) is 0 Å². The molecule has 3 rings (SSSR count). The van der Waals surface area contributed by atoms with E-state index < -0.39 is 22.8 Å². The number of ether oxygens (including phenoxy) is 2. The van der Waals surface area contributed by atoms with E-state index >= 15 is 0 Å². The smallest absolute Gasteiger partial charge is 0.323 e. The Kier molecular flexibility index (Phi) is 3.74. The third kappa shape index (κ3) is 2.35. The van der Waals surface area contributed by atoms with E-state index in [0.29, 0.717) is 12.8 Å². The van der Waals surface area contributed by atoms with Gasteiger partial charge in [-0.15, -0.1) is 0 Å². The fourth-order valence-electron chi connectivity index (χ4n) is 4.08. The minimum atomic E-state index is -1.32. The summed E-state index contributed by atoms with van der Waals surface area (Å²) < 4.78 is 9.64. The van der Waals surface area contributed by atoms with Crippen molar-refractivity contribution in [3.8, 4) is 0 Å². The molecular weight excluding hydrogens is 296 g/mol. The molecule has 0 spiro atoms. The Hall–Kier alpha value is -2.17. The van der Waals surface area contributed by atoms with Crippen molar-refractivity contribution in [1.82, 2.24) is 0 Å². The maximum atomic E-state index is 12.8. The average molecular weight is 316 g/mol. The van der Waals surface area contributed by atoms with Crippen LogP contribution in [0, 0.1) is 16.7 Å². The predicted molar refractivity (Wildman–Crippen MR) is 81.4 cm³/mol. The Morgan fingerprint density at radius 1 is 1.04 bits per heavy atom. The van der Waals surface area contributed by atoms with Crippen molar-refractivity contribution < 1.29 is 23.9 Å². The van der Waals surface area contributed by atoms with Crippen molar-refractivity contribution in [3.05, 3.63) is 35.9 Å². The molecule has 5 nitrogen and oxygen atoms in total. The second-order valence-corrected chi connectivity index (χ2v) is 6.59. The molecule has 2 aliphatic carbocycles. The van der Waals surface area contributed by atoms with Crippen LogP contribution < -0.4 is 0 Å². The van der Waals surface area contributed by atoms with Crippen LogP contribution >= 0.6 is 0 Å². The Morgan fingerprint density at radius 2 is 1.65 bits per heavy atom. The summed E-state index contributed by atoms with van der Waals surface area (Å²) in [4.78, 5) is 37.2. The fraction of sp³-hybridized carbons (Fsp3) is 0.500. The molecule has 0 aliphatic heterocycles. The normalized spacial score (nSPS) is 27.0. The number of methoxy groups -OCH3 is 2. The average Bonchev–Trinajstić information content (AvgIpc) is 3.16. The van der Waals surface area contributed by atoms with Gasteiger partial charge in [-0.05, 0) is 30.7 Å². The minimum Gasteiger partial charge on any atom is -0.468 e. The van der Waals surface area contributed by atoms with E-state index in [0.717, 1.165) is 12.0 Å². The monoisotopic (exact) mass is 316 g/mol. The number of rotatable bonds is 5. The summed E-state index contributed by atoms with van der Waals surface area (Å²) in [7, 11) is 2.52. The van der Waals surface area contributed by atoms with Gasteiger partial charge < -0.3 is 9.47 Å². The molecule has 0 amide bonds. The molecule has 1 aromatic rings. The van der Waals surface area contributed by atoms with Gasteiger partial charge in [0.15, 0.2) is 5.41 Å². The maximum absolute atomic E-state index is 12.8. The van der Waals surface area contributed by atoms with Crippen LogP contribution in [0.3, 0.4) is 0 Å². The van der Waals surface area contributed by atoms with Crippen LogP contribution in [0.5, 0.6) is 0 Å². The number of fused-ring (bicyclic) bond motifs is 1. The molecule has 0 N–H and O–H groups in total. The van der Waals surface area contributed by atoms with E-state index in [4.69, 9.17) is 9.47 Å². The molecule has 0 radical (unpaired) electrons. The molecular formula is C18H20O5. The highest BCUT2D eigenvalue weighted by molar-refractivity contribution is 6.03. The molecule has 2 atom stereocenters. The number of ketones is 1. The van der Waals surface area contributed by atoms with Gasteiger partial charge in [0.2, 0.25) is 0 Å². The van der Waals surface area contributed by atoms with Gasteiger partial charge >= 0.3 is 11.9 Å². The molecule has 0 bridgehead atoms. The van der Waals surface area contributed by atoms with Crippen LogP contribution in [-0.4, -0.2) is 31.9 Å². The molecule has 5 heteroatoms. The summed E-state index contributed by atoms with van der Waals surface area (Å²) in [5, 5.41) is 0. The predicted octanol–water partition coefficient (Wildman–Crippen LogP) is 1.93. The van der Waals surface area contributed by atoms with Gasteiger partial charge in [0, 0.05) is 11.8 Å². The summed E-state index contributed by atoms with van der Waals surface area (Å²) in [6.45, 7) is 0. The summed E-state index contributed by atoms with van der Waals surface area (Å²) in [6.07, 6.45) is 1.62. The van der Waals surface area contributed by atoms with E-state index in [9.17, 15) is 14.4 Å². The van der Waals surface area contributed by atoms with E-state index in [1.165, 1.54) is 14.2 Å². The van der Waals surface area contributed by atoms with Crippen molar-refractivity contribution in [1.29, 1.82) is 0 Å². The summed E-state index contributed by atoms with van der Waals surface area (Å²) in [5.74, 6) is -1.02. The first-order chi connectivity index (χ1) is 11.0. The number of hydrogen-bond acceptors (Lipinski definition) is 5. The van der Waals surface area contributed by atoms with Crippen LogP contribution in [-0.2, 0) is 30.3 Å². The number of Topliss-reactive ketones (excluding diaryl/α,β-unsaturated/α-hetero) is 1. The van der Waals surface area contributed by atoms with Gasteiger partial charge in [0.05, 0.1) is 14.2 Å². The van der Waals surface area contributed by atoms with Crippen molar-refractivity contribution in [2.45, 2.75) is 25.7 Å². The Morgan fingerprint density at radius 3 is 2.22 bits per heavy atom. The van der Waals surface area contributed by atoms with E-state index in [2.05, 4.69) is 0 Å². The third-order valence-corrected chi connectivity index (χ3v) is 5.36. The summed E-state index contributed by atoms with van der Waals surface area (Å²) in [5.41, 5.74) is -0.942. The van der Waals surface area contributed by atoms with E-state index in [1.54, 1.807) is 0 Å². The number of hydrogen-bond donors (Lipinski definition) is 0. The van der Waals surface area contributed by atoms with Crippen LogP contribution in [0.4, 0.5) is 0 Å². The molecule has 23 heavy (non-hydrogen) atoms. The van der Waals surface area contributed by atoms with Gasteiger partial charge in [-0.2, -0.15) is 0 Å². The second-order valence-electron chi connectivity index (χ2n) is 6.59. The highest BCUT2D eigenvalue weighted by Crippen LogP contribution is 2.70. The quantitative estimate of drug-likeness (QED) is 0.613. The maximum Gasteiger partial charge on any atom is 0.323 e. The third-order valence-electron chi connectivity index (χ3n) is 5.36.